The van der Waals surface area contributed by atoms with Gasteiger partial charge in [-0.25, -0.2) is 9.97 Å². The Morgan fingerprint density at radius 3 is 2.78 bits per heavy atom. The quantitative estimate of drug-likeness (QED) is 0.934. The van der Waals surface area contributed by atoms with Gasteiger partial charge in [0.25, 0.3) is 0 Å². The van der Waals surface area contributed by atoms with Crippen molar-refractivity contribution in [3.05, 3.63) is 57.6 Å². The predicted octanol–water partition coefficient (Wildman–Crippen LogP) is 3.38. The molecule has 18 heavy (non-hydrogen) atoms. The molecular weight excluding hydrogens is 269 g/mol. The van der Waals surface area contributed by atoms with Crippen LogP contribution in [0.2, 0.25) is 10.0 Å². The van der Waals surface area contributed by atoms with Crippen LogP contribution in [0.3, 0.4) is 0 Å². The zero-order valence-electron chi connectivity index (χ0n) is 9.95. The first-order chi connectivity index (χ1) is 8.66. The summed E-state index contributed by atoms with van der Waals surface area (Å²) < 4.78 is 0. The van der Waals surface area contributed by atoms with Gasteiger partial charge in [-0.2, -0.15) is 0 Å². The monoisotopic (exact) mass is 281 g/mol. The van der Waals surface area contributed by atoms with Gasteiger partial charge in [-0.3, -0.25) is 0 Å². The van der Waals surface area contributed by atoms with Crippen LogP contribution >= 0.6 is 23.2 Å². The van der Waals surface area contributed by atoms with E-state index in [9.17, 15) is 0 Å². The van der Waals surface area contributed by atoms with E-state index in [2.05, 4.69) is 15.3 Å². The van der Waals surface area contributed by atoms with Gasteiger partial charge in [0, 0.05) is 19.3 Å². The number of benzene rings is 1. The standard InChI is InChI=1S/C13H13Cl2N3/c1-9-17-6-5-11(18-9)8-16-7-10-3-2-4-12(14)13(10)15/h2-6,16H,7-8H2,1H3. The van der Waals surface area contributed by atoms with Crippen molar-refractivity contribution < 1.29 is 0 Å². The highest BCUT2D eigenvalue weighted by Crippen LogP contribution is 2.25. The van der Waals surface area contributed by atoms with Crippen LogP contribution in [-0.4, -0.2) is 9.97 Å². The largest absolute Gasteiger partial charge is 0.307 e. The number of hydrogen-bond donors (Lipinski definition) is 1. The molecule has 1 aromatic carbocycles. The zero-order chi connectivity index (χ0) is 13.0. The molecule has 1 N–H and O–H groups in total. The van der Waals surface area contributed by atoms with Gasteiger partial charge in [-0.15, -0.1) is 0 Å². The fourth-order valence-corrected chi connectivity index (χ4v) is 2.00. The average Bonchev–Trinajstić information content (AvgIpc) is 2.35. The van der Waals surface area contributed by atoms with E-state index < -0.39 is 0 Å². The Hall–Kier alpha value is -1.16. The minimum atomic E-state index is 0.578. The maximum Gasteiger partial charge on any atom is 0.125 e. The molecule has 1 heterocycles. The molecule has 0 aliphatic rings. The second-order valence-electron chi connectivity index (χ2n) is 3.91. The molecule has 1 aromatic heterocycles. The lowest BCUT2D eigenvalue weighted by atomic mass is 10.2. The lowest BCUT2D eigenvalue weighted by Gasteiger charge is -2.07. The summed E-state index contributed by atoms with van der Waals surface area (Å²) in [5, 5.41) is 4.46. The number of rotatable bonds is 4. The van der Waals surface area contributed by atoms with Crippen molar-refractivity contribution in [1.29, 1.82) is 0 Å². The molecule has 0 aliphatic heterocycles. The SMILES string of the molecule is Cc1nccc(CNCc2cccc(Cl)c2Cl)n1. The van der Waals surface area contributed by atoms with Gasteiger partial charge in [-0.1, -0.05) is 35.3 Å². The molecule has 94 valence electrons. The van der Waals surface area contributed by atoms with E-state index in [1.54, 1.807) is 12.3 Å². The highest BCUT2D eigenvalue weighted by molar-refractivity contribution is 6.42. The van der Waals surface area contributed by atoms with Gasteiger partial charge >= 0.3 is 0 Å². The lowest BCUT2D eigenvalue weighted by Crippen LogP contribution is -2.14. The topological polar surface area (TPSA) is 37.8 Å². The molecule has 0 unspecified atom stereocenters. The van der Waals surface area contributed by atoms with E-state index in [0.29, 0.717) is 23.1 Å². The molecule has 0 saturated carbocycles. The Morgan fingerprint density at radius 2 is 2.00 bits per heavy atom. The molecule has 0 aliphatic carbocycles. The molecular formula is C13H13Cl2N3. The predicted molar refractivity (Wildman–Crippen MR) is 73.8 cm³/mol. The Morgan fingerprint density at radius 1 is 1.17 bits per heavy atom. The van der Waals surface area contributed by atoms with E-state index >= 15 is 0 Å². The molecule has 0 atom stereocenters. The van der Waals surface area contributed by atoms with Crippen molar-refractivity contribution in [3.8, 4) is 0 Å². The van der Waals surface area contributed by atoms with Crippen LogP contribution in [0.5, 0.6) is 0 Å². The van der Waals surface area contributed by atoms with Crippen molar-refractivity contribution in [2.75, 3.05) is 0 Å². The molecule has 3 nitrogen and oxygen atoms in total. The minimum absolute atomic E-state index is 0.578. The van der Waals surface area contributed by atoms with E-state index in [1.165, 1.54) is 0 Å². The second kappa shape index (κ2) is 6.14. The van der Waals surface area contributed by atoms with Crippen LogP contribution < -0.4 is 5.32 Å². The van der Waals surface area contributed by atoms with Gasteiger partial charge < -0.3 is 5.32 Å². The Kier molecular flexibility index (Phi) is 4.53. The molecule has 0 radical (unpaired) electrons. The van der Waals surface area contributed by atoms with Crippen LogP contribution in [0.15, 0.2) is 30.5 Å². The van der Waals surface area contributed by atoms with E-state index in [0.717, 1.165) is 17.1 Å². The first-order valence-corrected chi connectivity index (χ1v) is 6.34. The first-order valence-electron chi connectivity index (χ1n) is 5.59. The number of halogens is 2. The van der Waals surface area contributed by atoms with Crippen LogP contribution in [0.1, 0.15) is 17.1 Å². The lowest BCUT2D eigenvalue weighted by molar-refractivity contribution is 0.675. The number of nitrogens with one attached hydrogen (secondary N) is 1. The molecule has 0 saturated heterocycles. The minimum Gasteiger partial charge on any atom is -0.307 e. The highest BCUT2D eigenvalue weighted by Gasteiger charge is 2.03. The third-order valence-corrected chi connectivity index (χ3v) is 3.34. The molecule has 2 rings (SSSR count). The summed E-state index contributed by atoms with van der Waals surface area (Å²) in [5.74, 6) is 0.773. The van der Waals surface area contributed by atoms with Crippen LogP contribution in [0.4, 0.5) is 0 Å². The Balaban J connectivity index is 1.94. The second-order valence-corrected chi connectivity index (χ2v) is 4.70. The van der Waals surface area contributed by atoms with Gasteiger partial charge in [-0.05, 0) is 24.6 Å². The maximum atomic E-state index is 6.10. The summed E-state index contributed by atoms with van der Waals surface area (Å²) in [7, 11) is 0. The summed E-state index contributed by atoms with van der Waals surface area (Å²) in [5.41, 5.74) is 1.94. The van der Waals surface area contributed by atoms with Crippen LogP contribution in [0.25, 0.3) is 0 Å². The maximum absolute atomic E-state index is 6.10. The van der Waals surface area contributed by atoms with Gasteiger partial charge in [0.2, 0.25) is 0 Å². The Labute approximate surface area is 116 Å². The van der Waals surface area contributed by atoms with Crippen molar-refractivity contribution in [2.45, 2.75) is 20.0 Å². The number of nitrogens with zero attached hydrogens (tertiary/aromatic N) is 2. The van der Waals surface area contributed by atoms with Crippen molar-refractivity contribution in [3.63, 3.8) is 0 Å². The van der Waals surface area contributed by atoms with E-state index in [4.69, 9.17) is 23.2 Å². The van der Waals surface area contributed by atoms with Crippen molar-refractivity contribution >= 4 is 23.2 Å². The number of hydrogen-bond acceptors (Lipinski definition) is 3. The Bertz CT molecular complexity index is 544. The summed E-state index contributed by atoms with van der Waals surface area (Å²) in [6, 6.07) is 7.51. The van der Waals surface area contributed by atoms with E-state index in [1.807, 2.05) is 25.1 Å². The fraction of sp³-hybridized carbons (Fsp3) is 0.231. The summed E-state index contributed by atoms with van der Waals surface area (Å²) >= 11 is 12.1. The highest BCUT2D eigenvalue weighted by atomic mass is 35.5. The number of aromatic nitrogens is 2. The van der Waals surface area contributed by atoms with Crippen molar-refractivity contribution in [2.24, 2.45) is 0 Å². The van der Waals surface area contributed by atoms with Crippen LogP contribution in [0, 0.1) is 6.92 Å². The summed E-state index contributed by atoms with van der Waals surface area (Å²) in [4.78, 5) is 8.37. The zero-order valence-corrected chi connectivity index (χ0v) is 11.5. The molecule has 0 fully saturated rings. The molecule has 5 heteroatoms. The molecule has 2 aromatic rings. The third kappa shape index (κ3) is 3.42. The number of aryl methyl sites for hydroxylation is 1. The molecule has 0 spiro atoms. The smallest absolute Gasteiger partial charge is 0.125 e. The summed E-state index contributed by atoms with van der Waals surface area (Å²) in [6.07, 6.45) is 1.76. The fourth-order valence-electron chi connectivity index (χ4n) is 1.61. The normalized spacial score (nSPS) is 10.6. The van der Waals surface area contributed by atoms with Gasteiger partial charge in [0.1, 0.15) is 5.82 Å². The van der Waals surface area contributed by atoms with Crippen LogP contribution in [-0.2, 0) is 13.1 Å². The third-order valence-electron chi connectivity index (χ3n) is 2.49. The average molecular weight is 282 g/mol. The molecule has 0 bridgehead atoms. The van der Waals surface area contributed by atoms with Crippen molar-refractivity contribution in [1.82, 2.24) is 15.3 Å². The summed E-state index contributed by atoms with van der Waals surface area (Å²) in [6.45, 7) is 3.20. The molecule has 0 amide bonds. The van der Waals surface area contributed by atoms with Gasteiger partial charge in [0.05, 0.1) is 15.7 Å². The first kappa shape index (κ1) is 13.3. The van der Waals surface area contributed by atoms with E-state index in [-0.39, 0.29) is 0 Å². The van der Waals surface area contributed by atoms with Gasteiger partial charge in [0.15, 0.2) is 0 Å².